The van der Waals surface area contributed by atoms with Gasteiger partial charge in [-0.15, -0.1) is 10.2 Å². The largest absolute Gasteiger partial charge is 0.361 e. The van der Waals surface area contributed by atoms with Crippen LogP contribution >= 0.6 is 0 Å². The highest BCUT2D eigenvalue weighted by Crippen LogP contribution is 2.09. The van der Waals surface area contributed by atoms with Gasteiger partial charge in [-0.2, -0.15) is 0 Å². The summed E-state index contributed by atoms with van der Waals surface area (Å²) in [7, 11) is 0. The minimum Gasteiger partial charge on any atom is -0.361 e. The van der Waals surface area contributed by atoms with E-state index in [0.29, 0.717) is 19.6 Å². The van der Waals surface area contributed by atoms with Crippen molar-refractivity contribution in [3.8, 4) is 0 Å². The normalized spacial score (nSPS) is 15.7. The molecule has 1 saturated heterocycles. The first kappa shape index (κ1) is 16.4. The zero-order valence-electron chi connectivity index (χ0n) is 14.1. The van der Waals surface area contributed by atoms with Crippen molar-refractivity contribution in [2.24, 2.45) is 0 Å². The Balaban J connectivity index is 1.43. The summed E-state index contributed by atoms with van der Waals surface area (Å²) in [6.45, 7) is 8.89. The van der Waals surface area contributed by atoms with E-state index in [4.69, 9.17) is 4.52 Å². The number of nitrogens with zero attached hydrogens (tertiary/aromatic N) is 6. The van der Waals surface area contributed by atoms with E-state index in [0.717, 1.165) is 43.5 Å². The summed E-state index contributed by atoms with van der Waals surface area (Å²) >= 11 is 0. The van der Waals surface area contributed by atoms with E-state index in [1.165, 1.54) is 0 Å². The van der Waals surface area contributed by atoms with Gasteiger partial charge >= 0.3 is 6.03 Å². The van der Waals surface area contributed by atoms with Crippen LogP contribution in [0.3, 0.4) is 0 Å². The molecule has 3 rings (SSSR count). The first-order chi connectivity index (χ1) is 11.7. The molecule has 9 nitrogen and oxygen atoms in total. The van der Waals surface area contributed by atoms with Gasteiger partial charge in [-0.1, -0.05) is 5.16 Å². The number of nitrogens with one attached hydrogen (secondary N) is 1. The Kier molecular flexibility index (Phi) is 5.09. The van der Waals surface area contributed by atoms with Crippen molar-refractivity contribution >= 4 is 6.03 Å². The Bertz CT molecular complexity index is 673. The van der Waals surface area contributed by atoms with Crippen LogP contribution < -0.4 is 5.32 Å². The van der Waals surface area contributed by atoms with Gasteiger partial charge in [0.2, 0.25) is 0 Å². The Hall–Kier alpha value is -2.42. The number of rotatable bonds is 5. The van der Waals surface area contributed by atoms with Gasteiger partial charge in [0, 0.05) is 45.3 Å². The molecular weight excluding hydrogens is 310 g/mol. The van der Waals surface area contributed by atoms with Crippen LogP contribution in [0.5, 0.6) is 0 Å². The zero-order valence-corrected chi connectivity index (χ0v) is 14.1. The fourth-order valence-corrected chi connectivity index (χ4v) is 2.78. The van der Waals surface area contributed by atoms with Crippen molar-refractivity contribution in [1.82, 2.24) is 35.0 Å². The second-order valence-electron chi connectivity index (χ2n) is 5.88. The van der Waals surface area contributed by atoms with Crippen LogP contribution in [0.1, 0.15) is 24.2 Å². The molecule has 9 heteroatoms. The van der Waals surface area contributed by atoms with Crippen LogP contribution in [0, 0.1) is 6.92 Å². The van der Waals surface area contributed by atoms with Crippen molar-refractivity contribution in [2.75, 3.05) is 26.2 Å². The summed E-state index contributed by atoms with van der Waals surface area (Å²) in [5, 5.41) is 14.8. The first-order valence-electron chi connectivity index (χ1n) is 8.19. The van der Waals surface area contributed by atoms with Gasteiger partial charge in [-0.25, -0.2) is 4.79 Å². The third kappa shape index (κ3) is 3.91. The molecule has 1 aliphatic heterocycles. The lowest BCUT2D eigenvalue weighted by Gasteiger charge is -2.34. The van der Waals surface area contributed by atoms with E-state index in [9.17, 15) is 4.79 Å². The molecule has 1 aliphatic rings. The average molecular weight is 333 g/mol. The Morgan fingerprint density at radius 3 is 2.79 bits per heavy atom. The number of hydrogen-bond donors (Lipinski definition) is 1. The van der Waals surface area contributed by atoms with Gasteiger partial charge in [0.25, 0.3) is 0 Å². The summed E-state index contributed by atoms with van der Waals surface area (Å²) in [5.74, 6) is 1.59. The third-order valence-electron chi connectivity index (χ3n) is 4.16. The molecule has 1 fully saturated rings. The molecule has 0 atom stereocenters. The summed E-state index contributed by atoms with van der Waals surface area (Å²) in [6, 6.07) is 1.89. The second kappa shape index (κ2) is 7.43. The maximum atomic E-state index is 12.3. The lowest BCUT2D eigenvalue weighted by Crippen LogP contribution is -2.51. The number of carbonyl (C=O) groups excluding carboxylic acids is 1. The molecule has 0 radical (unpaired) electrons. The zero-order chi connectivity index (χ0) is 16.9. The number of carbonyl (C=O) groups is 1. The molecular formula is C15H23N7O2. The van der Waals surface area contributed by atoms with Crippen molar-refractivity contribution < 1.29 is 9.32 Å². The van der Waals surface area contributed by atoms with E-state index >= 15 is 0 Å². The number of hydrogen-bond acceptors (Lipinski definition) is 6. The predicted octanol–water partition coefficient (Wildman–Crippen LogP) is 0.622. The Morgan fingerprint density at radius 1 is 1.33 bits per heavy atom. The van der Waals surface area contributed by atoms with E-state index in [1.807, 2.05) is 29.4 Å². The van der Waals surface area contributed by atoms with Gasteiger partial charge in [0.15, 0.2) is 5.82 Å². The predicted molar refractivity (Wildman–Crippen MR) is 86.0 cm³/mol. The van der Waals surface area contributed by atoms with Gasteiger partial charge in [0.05, 0.1) is 12.2 Å². The summed E-state index contributed by atoms with van der Waals surface area (Å²) in [5.41, 5.74) is 0.935. The van der Waals surface area contributed by atoms with Crippen molar-refractivity contribution in [3.05, 3.63) is 29.7 Å². The van der Waals surface area contributed by atoms with Crippen LogP contribution in [0.4, 0.5) is 4.79 Å². The minimum atomic E-state index is -0.0578. The smallest absolute Gasteiger partial charge is 0.317 e. The molecule has 2 amide bonds. The lowest BCUT2D eigenvalue weighted by molar-refractivity contribution is 0.133. The van der Waals surface area contributed by atoms with Crippen molar-refractivity contribution in [3.63, 3.8) is 0 Å². The molecule has 0 saturated carbocycles. The number of urea groups is 1. The molecule has 0 aliphatic carbocycles. The van der Waals surface area contributed by atoms with Crippen molar-refractivity contribution in [2.45, 2.75) is 33.5 Å². The van der Waals surface area contributed by atoms with Crippen LogP contribution in [0.25, 0.3) is 0 Å². The monoisotopic (exact) mass is 333 g/mol. The summed E-state index contributed by atoms with van der Waals surface area (Å²) < 4.78 is 7.00. The van der Waals surface area contributed by atoms with Gasteiger partial charge in [-0.3, -0.25) is 4.90 Å². The van der Waals surface area contributed by atoms with Crippen LogP contribution in [0.2, 0.25) is 0 Å². The molecule has 3 heterocycles. The number of aromatic nitrogens is 4. The van der Waals surface area contributed by atoms with Crippen LogP contribution in [-0.2, 0) is 19.6 Å². The highest BCUT2D eigenvalue weighted by atomic mass is 16.5. The molecule has 0 unspecified atom stereocenters. The maximum absolute atomic E-state index is 12.3. The molecule has 0 spiro atoms. The van der Waals surface area contributed by atoms with E-state index in [2.05, 4.69) is 25.6 Å². The topological polar surface area (TPSA) is 92.3 Å². The third-order valence-corrected chi connectivity index (χ3v) is 4.16. The number of amides is 2. The van der Waals surface area contributed by atoms with Crippen molar-refractivity contribution in [1.29, 1.82) is 0 Å². The molecule has 2 aromatic heterocycles. The van der Waals surface area contributed by atoms with Gasteiger partial charge < -0.3 is 19.3 Å². The van der Waals surface area contributed by atoms with E-state index in [1.54, 1.807) is 6.33 Å². The highest BCUT2D eigenvalue weighted by Gasteiger charge is 2.22. The highest BCUT2D eigenvalue weighted by molar-refractivity contribution is 5.74. The number of aryl methyl sites for hydroxylation is 2. The lowest BCUT2D eigenvalue weighted by atomic mass is 10.3. The SMILES string of the molecule is CCn1cnnc1CNC(=O)N1CCN(Cc2cc(C)on2)CC1. The second-order valence-corrected chi connectivity index (χ2v) is 5.88. The van der Waals surface area contributed by atoms with Gasteiger partial charge in [-0.05, 0) is 13.8 Å². The summed E-state index contributed by atoms with van der Waals surface area (Å²) in [6.07, 6.45) is 1.67. The Labute approximate surface area is 140 Å². The molecule has 1 N–H and O–H groups in total. The quantitative estimate of drug-likeness (QED) is 0.862. The fraction of sp³-hybridized carbons (Fsp3) is 0.600. The number of piperazine rings is 1. The molecule has 24 heavy (non-hydrogen) atoms. The summed E-state index contributed by atoms with van der Waals surface area (Å²) in [4.78, 5) is 16.4. The molecule has 130 valence electrons. The van der Waals surface area contributed by atoms with E-state index in [-0.39, 0.29) is 6.03 Å². The fourth-order valence-electron chi connectivity index (χ4n) is 2.78. The average Bonchev–Trinajstić information content (AvgIpc) is 3.21. The minimum absolute atomic E-state index is 0.0578. The molecule has 0 bridgehead atoms. The first-order valence-corrected chi connectivity index (χ1v) is 8.19. The standard InChI is InChI=1S/C15H23N7O2/c1-3-21-11-17-18-14(21)9-16-15(23)22-6-4-20(5-7-22)10-13-8-12(2)24-19-13/h8,11H,3-7,9-10H2,1-2H3,(H,16,23). The van der Waals surface area contributed by atoms with Gasteiger partial charge in [0.1, 0.15) is 12.1 Å². The van der Waals surface area contributed by atoms with Crippen LogP contribution in [0.15, 0.2) is 16.9 Å². The van der Waals surface area contributed by atoms with E-state index < -0.39 is 0 Å². The maximum Gasteiger partial charge on any atom is 0.317 e. The molecule has 0 aromatic carbocycles. The Morgan fingerprint density at radius 2 is 2.12 bits per heavy atom. The van der Waals surface area contributed by atoms with Crippen LogP contribution in [-0.4, -0.2) is 61.9 Å². The molecule has 2 aromatic rings.